The second kappa shape index (κ2) is 4.78. The number of fused-ring (bicyclic) bond motifs is 1. The summed E-state index contributed by atoms with van der Waals surface area (Å²) in [6.45, 7) is 4.40. The smallest absolute Gasteiger partial charge is 0.134 e. The summed E-state index contributed by atoms with van der Waals surface area (Å²) in [7, 11) is 0. The van der Waals surface area contributed by atoms with Gasteiger partial charge in [-0.1, -0.05) is 0 Å². The van der Waals surface area contributed by atoms with Crippen molar-refractivity contribution in [3.05, 3.63) is 41.2 Å². The lowest BCUT2D eigenvalue weighted by molar-refractivity contribution is 0.517. The third kappa shape index (κ3) is 2.22. The minimum Gasteiger partial charge on any atom is -0.467 e. The molecule has 0 bridgehead atoms. The minimum atomic E-state index is 0.649. The Hall–Kier alpha value is -1.88. The van der Waals surface area contributed by atoms with Crippen molar-refractivity contribution in [1.82, 2.24) is 15.3 Å². The Morgan fingerprint density at radius 2 is 2.39 bits per heavy atom. The fraction of sp³-hybridized carbons (Fsp3) is 0.385. The number of aromatic nitrogens is 2. The van der Waals surface area contributed by atoms with Gasteiger partial charge < -0.3 is 15.1 Å². The zero-order valence-electron chi connectivity index (χ0n) is 10.4. The molecule has 3 heterocycles. The summed E-state index contributed by atoms with van der Waals surface area (Å²) < 4.78 is 5.31. The molecule has 0 unspecified atom stereocenters. The Morgan fingerprint density at radius 3 is 3.22 bits per heavy atom. The van der Waals surface area contributed by atoms with Crippen molar-refractivity contribution in [2.75, 3.05) is 11.9 Å². The van der Waals surface area contributed by atoms with E-state index in [2.05, 4.69) is 20.6 Å². The maximum absolute atomic E-state index is 5.31. The molecule has 0 saturated carbocycles. The van der Waals surface area contributed by atoms with E-state index in [0.29, 0.717) is 6.54 Å². The maximum atomic E-state index is 5.31. The number of aryl methyl sites for hydroxylation is 1. The Morgan fingerprint density at radius 1 is 1.44 bits per heavy atom. The van der Waals surface area contributed by atoms with Crippen LogP contribution in [0.1, 0.15) is 22.8 Å². The van der Waals surface area contributed by atoms with Crippen molar-refractivity contribution in [2.45, 2.75) is 26.4 Å². The molecular weight excluding hydrogens is 228 g/mol. The first-order chi connectivity index (χ1) is 8.83. The van der Waals surface area contributed by atoms with Gasteiger partial charge in [0.15, 0.2) is 0 Å². The third-order valence-electron chi connectivity index (χ3n) is 3.06. The summed E-state index contributed by atoms with van der Waals surface area (Å²) in [5.41, 5.74) is 2.33. The van der Waals surface area contributed by atoms with Gasteiger partial charge in [-0.05, 0) is 19.1 Å². The van der Waals surface area contributed by atoms with Crippen LogP contribution in [0.5, 0.6) is 0 Å². The largest absolute Gasteiger partial charge is 0.467 e. The molecule has 0 atom stereocenters. The Balaban J connectivity index is 1.84. The lowest BCUT2D eigenvalue weighted by Crippen LogP contribution is -2.26. The van der Waals surface area contributed by atoms with Crippen molar-refractivity contribution in [1.29, 1.82) is 0 Å². The van der Waals surface area contributed by atoms with Crippen LogP contribution in [0.2, 0.25) is 0 Å². The molecule has 0 saturated heterocycles. The minimum absolute atomic E-state index is 0.649. The van der Waals surface area contributed by atoms with Crippen molar-refractivity contribution < 1.29 is 4.42 Å². The van der Waals surface area contributed by atoms with E-state index in [0.717, 1.165) is 42.6 Å². The molecule has 0 aromatic carbocycles. The molecule has 1 aliphatic rings. The summed E-state index contributed by atoms with van der Waals surface area (Å²) in [6, 6.07) is 3.84. The Kier molecular flexibility index (Phi) is 2.98. The van der Waals surface area contributed by atoms with Crippen molar-refractivity contribution in [3.8, 4) is 0 Å². The lowest BCUT2D eigenvalue weighted by atomic mass is 10.1. The number of nitrogens with zero attached hydrogens (tertiary/aromatic N) is 2. The van der Waals surface area contributed by atoms with Crippen LogP contribution in [0.3, 0.4) is 0 Å². The summed E-state index contributed by atoms with van der Waals surface area (Å²) in [5, 5.41) is 6.68. The summed E-state index contributed by atoms with van der Waals surface area (Å²) in [5.74, 6) is 2.64. The molecule has 5 heteroatoms. The maximum Gasteiger partial charge on any atom is 0.134 e. The SMILES string of the molecule is Cc1nc2c(c(NCc3ccco3)n1)CNCC2. The first-order valence-corrected chi connectivity index (χ1v) is 6.16. The topological polar surface area (TPSA) is 63.0 Å². The first kappa shape index (κ1) is 11.2. The van der Waals surface area contributed by atoms with Gasteiger partial charge in [0.2, 0.25) is 0 Å². The summed E-state index contributed by atoms with van der Waals surface area (Å²) in [6.07, 6.45) is 2.65. The molecule has 0 aliphatic carbocycles. The fourth-order valence-corrected chi connectivity index (χ4v) is 2.20. The van der Waals surface area contributed by atoms with E-state index in [9.17, 15) is 0 Å². The zero-order valence-corrected chi connectivity index (χ0v) is 10.4. The Labute approximate surface area is 106 Å². The highest BCUT2D eigenvalue weighted by Crippen LogP contribution is 2.20. The average Bonchev–Trinajstić information content (AvgIpc) is 2.89. The van der Waals surface area contributed by atoms with E-state index < -0.39 is 0 Å². The normalized spacial score (nSPS) is 14.3. The van der Waals surface area contributed by atoms with Gasteiger partial charge in [-0.3, -0.25) is 0 Å². The van der Waals surface area contributed by atoms with Crippen molar-refractivity contribution in [2.24, 2.45) is 0 Å². The standard InChI is InChI=1S/C13H16N4O/c1-9-16-12-4-5-14-8-11(12)13(17-9)15-7-10-3-2-6-18-10/h2-3,6,14H,4-5,7-8H2,1H3,(H,15,16,17). The highest BCUT2D eigenvalue weighted by molar-refractivity contribution is 5.47. The third-order valence-corrected chi connectivity index (χ3v) is 3.06. The van der Waals surface area contributed by atoms with Crippen LogP contribution in [-0.4, -0.2) is 16.5 Å². The quantitative estimate of drug-likeness (QED) is 0.859. The molecule has 2 aromatic heterocycles. The van der Waals surface area contributed by atoms with E-state index in [-0.39, 0.29) is 0 Å². The van der Waals surface area contributed by atoms with Gasteiger partial charge in [-0.15, -0.1) is 0 Å². The van der Waals surface area contributed by atoms with Crippen LogP contribution in [0.4, 0.5) is 5.82 Å². The van der Waals surface area contributed by atoms with Crippen LogP contribution >= 0.6 is 0 Å². The highest BCUT2D eigenvalue weighted by atomic mass is 16.3. The van der Waals surface area contributed by atoms with Crippen LogP contribution < -0.4 is 10.6 Å². The predicted octanol–water partition coefficient (Wildman–Crippen LogP) is 1.64. The van der Waals surface area contributed by atoms with E-state index >= 15 is 0 Å². The molecule has 0 fully saturated rings. The van der Waals surface area contributed by atoms with Gasteiger partial charge in [0.25, 0.3) is 0 Å². The second-order valence-corrected chi connectivity index (χ2v) is 4.40. The molecule has 94 valence electrons. The van der Waals surface area contributed by atoms with Gasteiger partial charge in [0.05, 0.1) is 18.5 Å². The molecule has 2 N–H and O–H groups in total. The number of anilines is 1. The fourth-order valence-electron chi connectivity index (χ4n) is 2.20. The second-order valence-electron chi connectivity index (χ2n) is 4.40. The first-order valence-electron chi connectivity index (χ1n) is 6.16. The highest BCUT2D eigenvalue weighted by Gasteiger charge is 2.16. The number of hydrogen-bond acceptors (Lipinski definition) is 5. The molecule has 0 radical (unpaired) electrons. The lowest BCUT2D eigenvalue weighted by Gasteiger charge is -2.19. The van der Waals surface area contributed by atoms with Crippen LogP contribution in [-0.2, 0) is 19.5 Å². The van der Waals surface area contributed by atoms with E-state index in [1.165, 1.54) is 5.56 Å². The molecule has 0 amide bonds. The molecule has 0 spiro atoms. The monoisotopic (exact) mass is 244 g/mol. The van der Waals surface area contributed by atoms with Crippen LogP contribution in [0, 0.1) is 6.92 Å². The number of rotatable bonds is 3. The summed E-state index contributed by atoms with van der Waals surface area (Å²) >= 11 is 0. The van der Waals surface area contributed by atoms with Crippen molar-refractivity contribution in [3.63, 3.8) is 0 Å². The van der Waals surface area contributed by atoms with Gasteiger partial charge in [0, 0.05) is 25.1 Å². The molecular formula is C13H16N4O. The molecule has 2 aromatic rings. The number of furan rings is 1. The average molecular weight is 244 g/mol. The molecule has 1 aliphatic heterocycles. The van der Waals surface area contributed by atoms with Crippen molar-refractivity contribution >= 4 is 5.82 Å². The molecule has 3 rings (SSSR count). The number of hydrogen-bond donors (Lipinski definition) is 2. The predicted molar refractivity (Wildman–Crippen MR) is 68.2 cm³/mol. The van der Waals surface area contributed by atoms with Gasteiger partial charge in [-0.2, -0.15) is 0 Å². The summed E-state index contributed by atoms with van der Waals surface area (Å²) in [4.78, 5) is 8.99. The van der Waals surface area contributed by atoms with Gasteiger partial charge in [-0.25, -0.2) is 9.97 Å². The van der Waals surface area contributed by atoms with E-state index in [1.54, 1.807) is 6.26 Å². The van der Waals surface area contributed by atoms with Gasteiger partial charge in [0.1, 0.15) is 17.4 Å². The zero-order chi connectivity index (χ0) is 12.4. The van der Waals surface area contributed by atoms with Crippen LogP contribution in [0.15, 0.2) is 22.8 Å². The Bertz CT molecular complexity index is 536. The number of nitrogens with one attached hydrogen (secondary N) is 2. The van der Waals surface area contributed by atoms with Gasteiger partial charge >= 0.3 is 0 Å². The van der Waals surface area contributed by atoms with Crippen LogP contribution in [0.25, 0.3) is 0 Å². The molecule has 18 heavy (non-hydrogen) atoms. The van der Waals surface area contributed by atoms with E-state index in [1.807, 2.05) is 19.1 Å². The molecule has 5 nitrogen and oxygen atoms in total. The van der Waals surface area contributed by atoms with E-state index in [4.69, 9.17) is 4.42 Å².